The van der Waals surface area contributed by atoms with Crippen molar-refractivity contribution in [2.75, 3.05) is 19.0 Å². The maximum absolute atomic E-state index is 14.1. The van der Waals surface area contributed by atoms with Crippen molar-refractivity contribution in [1.29, 1.82) is 0 Å². The molecule has 1 N–H and O–H groups in total. The number of nitrogens with zero attached hydrogens (tertiary/aromatic N) is 2. The van der Waals surface area contributed by atoms with Gasteiger partial charge in [-0.05, 0) is 43.8 Å². The van der Waals surface area contributed by atoms with E-state index < -0.39 is 11.6 Å². The number of halogens is 2. The lowest BCUT2D eigenvalue weighted by Gasteiger charge is -2.21. The van der Waals surface area contributed by atoms with Crippen LogP contribution in [0.3, 0.4) is 0 Å². The number of aryl methyl sites for hydroxylation is 1. The minimum absolute atomic E-state index is 0.0295. The summed E-state index contributed by atoms with van der Waals surface area (Å²) in [5, 5.41) is 2.88. The van der Waals surface area contributed by atoms with Crippen molar-refractivity contribution in [1.82, 2.24) is 10.3 Å². The molecule has 5 heteroatoms. The van der Waals surface area contributed by atoms with Crippen LogP contribution in [0.2, 0.25) is 0 Å². The van der Waals surface area contributed by atoms with Gasteiger partial charge in [0.05, 0.1) is 12.2 Å². The highest BCUT2D eigenvalue weighted by Gasteiger charge is 2.16. The Bertz CT molecular complexity index is 606. The molecule has 0 fully saturated rings. The van der Waals surface area contributed by atoms with Gasteiger partial charge >= 0.3 is 0 Å². The molecule has 0 aliphatic carbocycles. The van der Waals surface area contributed by atoms with Crippen molar-refractivity contribution >= 4 is 5.69 Å². The van der Waals surface area contributed by atoms with Gasteiger partial charge in [0, 0.05) is 19.3 Å². The van der Waals surface area contributed by atoms with E-state index in [0.29, 0.717) is 18.7 Å². The predicted molar refractivity (Wildman–Crippen MR) is 80.2 cm³/mol. The topological polar surface area (TPSA) is 28.2 Å². The average Bonchev–Trinajstić information content (AvgIpc) is 2.38. The van der Waals surface area contributed by atoms with Crippen molar-refractivity contribution in [2.45, 2.75) is 20.0 Å². The maximum Gasteiger partial charge on any atom is 0.149 e. The highest BCUT2D eigenvalue weighted by Crippen LogP contribution is 2.25. The molecule has 0 radical (unpaired) electrons. The normalized spacial score (nSPS) is 10.7. The minimum atomic E-state index is -0.560. The summed E-state index contributed by atoms with van der Waals surface area (Å²) in [5.74, 6) is -1.12. The lowest BCUT2D eigenvalue weighted by atomic mass is 10.1. The van der Waals surface area contributed by atoms with Gasteiger partial charge in [-0.1, -0.05) is 6.07 Å². The molecule has 1 aromatic carbocycles. The zero-order chi connectivity index (χ0) is 15.4. The number of hydrogen-bond acceptors (Lipinski definition) is 3. The van der Waals surface area contributed by atoms with Gasteiger partial charge < -0.3 is 10.2 Å². The Kier molecular flexibility index (Phi) is 4.85. The fourth-order valence-corrected chi connectivity index (χ4v) is 2.30. The first-order chi connectivity index (χ1) is 10.0. The van der Waals surface area contributed by atoms with E-state index >= 15 is 0 Å². The molecule has 0 unspecified atom stereocenters. The molecule has 0 saturated carbocycles. The summed E-state index contributed by atoms with van der Waals surface area (Å²) in [6.07, 6.45) is 0. The van der Waals surface area contributed by atoms with Gasteiger partial charge in [-0.2, -0.15) is 0 Å². The number of pyridine rings is 1. The smallest absolute Gasteiger partial charge is 0.149 e. The van der Waals surface area contributed by atoms with Gasteiger partial charge in [0.2, 0.25) is 0 Å². The second-order valence-corrected chi connectivity index (χ2v) is 5.06. The second-order valence-electron chi connectivity index (χ2n) is 5.06. The van der Waals surface area contributed by atoms with Gasteiger partial charge in [0.1, 0.15) is 17.3 Å². The first-order valence-electron chi connectivity index (χ1n) is 6.77. The lowest BCUT2D eigenvalue weighted by molar-refractivity contribution is 0.571. The molecule has 3 nitrogen and oxygen atoms in total. The van der Waals surface area contributed by atoms with Crippen LogP contribution in [-0.2, 0) is 13.1 Å². The lowest BCUT2D eigenvalue weighted by Crippen LogP contribution is -2.20. The van der Waals surface area contributed by atoms with E-state index in [0.717, 1.165) is 11.4 Å². The number of aromatic nitrogens is 1. The Morgan fingerprint density at radius 3 is 2.43 bits per heavy atom. The van der Waals surface area contributed by atoms with Crippen LogP contribution in [0.1, 0.15) is 17.0 Å². The largest absolute Gasteiger partial charge is 0.364 e. The van der Waals surface area contributed by atoms with Crippen LogP contribution in [0, 0.1) is 18.6 Å². The van der Waals surface area contributed by atoms with Crippen molar-refractivity contribution in [3.05, 3.63) is 58.9 Å². The van der Waals surface area contributed by atoms with Gasteiger partial charge in [-0.15, -0.1) is 0 Å². The summed E-state index contributed by atoms with van der Waals surface area (Å²) in [5.41, 5.74) is 2.21. The summed E-state index contributed by atoms with van der Waals surface area (Å²) in [6.45, 7) is 2.66. The SMILES string of the molecule is CNCc1cc(F)c(N(C)Cc2cccc(C)n2)c(F)c1. The number of hydrogen-bond donors (Lipinski definition) is 1. The van der Waals surface area contributed by atoms with Crippen LogP contribution >= 0.6 is 0 Å². The van der Waals surface area contributed by atoms with E-state index in [1.165, 1.54) is 17.0 Å². The van der Waals surface area contributed by atoms with E-state index in [-0.39, 0.29) is 5.69 Å². The Morgan fingerprint density at radius 1 is 1.19 bits per heavy atom. The maximum atomic E-state index is 14.1. The van der Waals surface area contributed by atoms with E-state index in [4.69, 9.17) is 0 Å². The van der Waals surface area contributed by atoms with Crippen LogP contribution in [0.25, 0.3) is 0 Å². The van der Waals surface area contributed by atoms with Crippen LogP contribution in [0.15, 0.2) is 30.3 Å². The molecule has 0 saturated heterocycles. The van der Waals surface area contributed by atoms with Crippen molar-refractivity contribution in [3.63, 3.8) is 0 Å². The Labute approximate surface area is 123 Å². The van der Waals surface area contributed by atoms with Gasteiger partial charge in [-0.3, -0.25) is 4.98 Å². The Balaban J connectivity index is 2.24. The third kappa shape index (κ3) is 3.76. The Morgan fingerprint density at radius 2 is 1.86 bits per heavy atom. The molecule has 0 spiro atoms. The van der Waals surface area contributed by atoms with Crippen LogP contribution in [-0.4, -0.2) is 19.1 Å². The van der Waals surface area contributed by atoms with E-state index in [9.17, 15) is 8.78 Å². The molecule has 112 valence electrons. The summed E-state index contributed by atoms with van der Waals surface area (Å²) < 4.78 is 28.3. The van der Waals surface area contributed by atoms with Crippen molar-refractivity contribution in [2.24, 2.45) is 0 Å². The van der Waals surface area contributed by atoms with E-state index in [1.54, 1.807) is 14.1 Å². The molecule has 2 rings (SSSR count). The molecule has 0 aliphatic heterocycles. The zero-order valence-electron chi connectivity index (χ0n) is 12.5. The highest BCUT2D eigenvalue weighted by molar-refractivity contribution is 5.50. The van der Waals surface area contributed by atoms with Crippen LogP contribution in [0.5, 0.6) is 0 Å². The highest BCUT2D eigenvalue weighted by atomic mass is 19.1. The van der Waals surface area contributed by atoms with E-state index in [2.05, 4.69) is 10.3 Å². The van der Waals surface area contributed by atoms with Crippen molar-refractivity contribution < 1.29 is 8.78 Å². The third-order valence-corrected chi connectivity index (χ3v) is 3.18. The van der Waals surface area contributed by atoms with Gasteiger partial charge in [-0.25, -0.2) is 8.78 Å². The molecule has 0 bridgehead atoms. The van der Waals surface area contributed by atoms with Crippen molar-refractivity contribution in [3.8, 4) is 0 Å². The number of nitrogens with one attached hydrogen (secondary N) is 1. The molecule has 2 aromatic rings. The summed E-state index contributed by atoms with van der Waals surface area (Å²) in [4.78, 5) is 5.89. The molecule has 0 aliphatic rings. The Hall–Kier alpha value is -2.01. The molecule has 21 heavy (non-hydrogen) atoms. The molecule has 0 amide bonds. The summed E-state index contributed by atoms with van der Waals surface area (Å²) in [7, 11) is 3.39. The first-order valence-corrected chi connectivity index (χ1v) is 6.77. The van der Waals surface area contributed by atoms with E-state index in [1.807, 2.05) is 25.1 Å². The molecule has 0 atom stereocenters. The monoisotopic (exact) mass is 291 g/mol. The second kappa shape index (κ2) is 6.63. The predicted octanol–water partition coefficient (Wildman–Crippen LogP) is 3.02. The quantitative estimate of drug-likeness (QED) is 0.918. The zero-order valence-corrected chi connectivity index (χ0v) is 12.5. The van der Waals surface area contributed by atoms with Gasteiger partial charge in [0.25, 0.3) is 0 Å². The average molecular weight is 291 g/mol. The minimum Gasteiger partial charge on any atom is -0.364 e. The molecule has 1 aromatic heterocycles. The molecular weight excluding hydrogens is 272 g/mol. The first kappa shape index (κ1) is 15.4. The third-order valence-electron chi connectivity index (χ3n) is 3.18. The van der Waals surface area contributed by atoms with Gasteiger partial charge in [0.15, 0.2) is 0 Å². The molecule has 1 heterocycles. The number of benzene rings is 1. The fraction of sp³-hybridized carbons (Fsp3) is 0.312. The number of rotatable bonds is 5. The standard InChI is InChI=1S/C16H19F2N3/c1-11-5-4-6-13(20-11)10-21(3)16-14(17)7-12(9-19-2)8-15(16)18/h4-8,19H,9-10H2,1-3H3. The molecular formula is C16H19F2N3. The summed E-state index contributed by atoms with van der Waals surface area (Å²) >= 11 is 0. The van der Waals surface area contributed by atoms with Crippen LogP contribution in [0.4, 0.5) is 14.5 Å². The number of anilines is 1. The fourth-order valence-electron chi connectivity index (χ4n) is 2.30. The van der Waals surface area contributed by atoms with Crippen LogP contribution < -0.4 is 10.2 Å². The summed E-state index contributed by atoms with van der Waals surface area (Å²) in [6, 6.07) is 8.32.